The number of rotatable bonds is 3. The number of carbonyl (C=O) groups excluding carboxylic acids is 2. The van der Waals surface area contributed by atoms with Crippen molar-refractivity contribution in [3.05, 3.63) is 50.9 Å². The molecule has 1 heterocycles. The standard InChI is InChI=1S/C20H22ClNO3S/c1-20(2,3)25-19(24)22-18-16(14-6-4-5-7-15(14)26-18)17(23)12-8-10-13(21)11-9-12/h8-11H,4-7H2,1-3H3,(H,22,24). The van der Waals surface area contributed by atoms with E-state index in [1.54, 1.807) is 24.3 Å². The van der Waals surface area contributed by atoms with Gasteiger partial charge in [0.05, 0.1) is 5.56 Å². The smallest absolute Gasteiger partial charge is 0.412 e. The number of fused-ring (bicyclic) bond motifs is 1. The molecule has 0 saturated heterocycles. The number of halogens is 1. The molecule has 6 heteroatoms. The van der Waals surface area contributed by atoms with E-state index < -0.39 is 11.7 Å². The summed E-state index contributed by atoms with van der Waals surface area (Å²) >= 11 is 7.42. The molecule has 0 radical (unpaired) electrons. The first-order valence-electron chi connectivity index (χ1n) is 8.69. The lowest BCUT2D eigenvalue weighted by molar-refractivity contribution is 0.0636. The van der Waals surface area contributed by atoms with Crippen LogP contribution in [0.25, 0.3) is 0 Å². The molecule has 0 saturated carbocycles. The molecular weight excluding hydrogens is 370 g/mol. The van der Waals surface area contributed by atoms with Crippen molar-refractivity contribution in [3.8, 4) is 0 Å². The Morgan fingerprint density at radius 1 is 1.12 bits per heavy atom. The molecule has 1 aliphatic carbocycles. The average Bonchev–Trinajstić information content (AvgIpc) is 2.90. The number of amides is 1. The maximum Gasteiger partial charge on any atom is 0.412 e. The number of benzene rings is 1. The van der Waals surface area contributed by atoms with Gasteiger partial charge in [-0.2, -0.15) is 0 Å². The molecule has 1 amide bonds. The molecule has 2 aromatic rings. The van der Waals surface area contributed by atoms with E-state index in [0.717, 1.165) is 31.2 Å². The molecule has 0 atom stereocenters. The van der Waals surface area contributed by atoms with Gasteiger partial charge in [-0.1, -0.05) is 11.6 Å². The highest BCUT2D eigenvalue weighted by atomic mass is 35.5. The molecule has 1 N–H and O–H groups in total. The Labute approximate surface area is 162 Å². The predicted molar refractivity (Wildman–Crippen MR) is 106 cm³/mol. The van der Waals surface area contributed by atoms with Crippen molar-refractivity contribution in [2.24, 2.45) is 0 Å². The van der Waals surface area contributed by atoms with E-state index in [1.807, 2.05) is 20.8 Å². The zero-order valence-electron chi connectivity index (χ0n) is 15.1. The van der Waals surface area contributed by atoms with Crippen molar-refractivity contribution in [2.45, 2.75) is 52.1 Å². The van der Waals surface area contributed by atoms with Gasteiger partial charge in [-0.25, -0.2) is 4.79 Å². The lowest BCUT2D eigenvalue weighted by Gasteiger charge is -2.19. The lowest BCUT2D eigenvalue weighted by atomic mass is 9.92. The average molecular weight is 392 g/mol. The van der Waals surface area contributed by atoms with E-state index in [2.05, 4.69) is 5.32 Å². The molecular formula is C20H22ClNO3S. The Hall–Kier alpha value is -1.85. The highest BCUT2D eigenvalue weighted by Crippen LogP contribution is 2.39. The zero-order valence-corrected chi connectivity index (χ0v) is 16.7. The van der Waals surface area contributed by atoms with Crippen molar-refractivity contribution in [1.82, 2.24) is 0 Å². The largest absolute Gasteiger partial charge is 0.444 e. The van der Waals surface area contributed by atoms with Gasteiger partial charge in [0.2, 0.25) is 0 Å². The Kier molecular flexibility index (Phi) is 5.39. The van der Waals surface area contributed by atoms with Crippen LogP contribution in [0.3, 0.4) is 0 Å². The molecule has 0 unspecified atom stereocenters. The number of hydrogen-bond acceptors (Lipinski definition) is 4. The number of ketones is 1. The molecule has 4 nitrogen and oxygen atoms in total. The fourth-order valence-corrected chi connectivity index (χ4v) is 4.43. The van der Waals surface area contributed by atoms with Crippen LogP contribution in [0.1, 0.15) is 60.0 Å². The Morgan fingerprint density at radius 3 is 2.42 bits per heavy atom. The minimum Gasteiger partial charge on any atom is -0.444 e. The minimum absolute atomic E-state index is 0.0906. The van der Waals surface area contributed by atoms with Crippen LogP contribution in [0.4, 0.5) is 9.80 Å². The molecule has 1 aliphatic rings. The van der Waals surface area contributed by atoms with Gasteiger partial charge in [0, 0.05) is 15.5 Å². The Morgan fingerprint density at radius 2 is 1.77 bits per heavy atom. The second-order valence-corrected chi connectivity index (χ2v) is 8.92. The predicted octanol–water partition coefficient (Wildman–Crippen LogP) is 5.86. The summed E-state index contributed by atoms with van der Waals surface area (Å²) in [5, 5.41) is 3.96. The number of ether oxygens (including phenoxy) is 1. The molecule has 26 heavy (non-hydrogen) atoms. The first-order chi connectivity index (χ1) is 12.2. The van der Waals surface area contributed by atoms with Crippen LogP contribution in [0.15, 0.2) is 24.3 Å². The molecule has 0 aliphatic heterocycles. The van der Waals surface area contributed by atoms with Gasteiger partial charge in [0.1, 0.15) is 10.6 Å². The molecule has 3 rings (SSSR count). The monoisotopic (exact) mass is 391 g/mol. The van der Waals surface area contributed by atoms with Gasteiger partial charge in [-0.05, 0) is 76.3 Å². The summed E-state index contributed by atoms with van der Waals surface area (Å²) in [4.78, 5) is 26.6. The van der Waals surface area contributed by atoms with Crippen molar-refractivity contribution in [3.63, 3.8) is 0 Å². The molecule has 0 fully saturated rings. The summed E-state index contributed by atoms with van der Waals surface area (Å²) in [6.45, 7) is 5.43. The normalized spacial score (nSPS) is 13.8. The van der Waals surface area contributed by atoms with Crippen molar-refractivity contribution in [1.29, 1.82) is 0 Å². The van der Waals surface area contributed by atoms with E-state index in [9.17, 15) is 9.59 Å². The van der Waals surface area contributed by atoms with Crippen molar-refractivity contribution >= 4 is 39.8 Å². The minimum atomic E-state index is -0.596. The van der Waals surface area contributed by atoms with Crippen LogP contribution < -0.4 is 5.32 Å². The second-order valence-electron chi connectivity index (χ2n) is 7.38. The van der Waals surface area contributed by atoms with E-state index in [4.69, 9.17) is 16.3 Å². The summed E-state index contributed by atoms with van der Waals surface area (Å²) in [7, 11) is 0. The fourth-order valence-electron chi connectivity index (χ4n) is 3.04. The van der Waals surface area contributed by atoms with Gasteiger partial charge >= 0.3 is 6.09 Å². The van der Waals surface area contributed by atoms with Crippen LogP contribution >= 0.6 is 22.9 Å². The number of carbonyl (C=O) groups is 2. The van der Waals surface area contributed by atoms with E-state index in [1.165, 1.54) is 16.2 Å². The van der Waals surface area contributed by atoms with Crippen LogP contribution in [0.2, 0.25) is 5.02 Å². The summed E-state index contributed by atoms with van der Waals surface area (Å²) in [6, 6.07) is 6.84. The summed E-state index contributed by atoms with van der Waals surface area (Å²) in [6.07, 6.45) is 3.42. The molecule has 0 bridgehead atoms. The van der Waals surface area contributed by atoms with Crippen LogP contribution in [0, 0.1) is 0 Å². The van der Waals surface area contributed by atoms with Crippen molar-refractivity contribution in [2.75, 3.05) is 5.32 Å². The van der Waals surface area contributed by atoms with Crippen LogP contribution in [0.5, 0.6) is 0 Å². The number of hydrogen-bond donors (Lipinski definition) is 1. The van der Waals surface area contributed by atoms with Gasteiger partial charge in [0.15, 0.2) is 5.78 Å². The Balaban J connectivity index is 1.97. The molecule has 0 spiro atoms. The van der Waals surface area contributed by atoms with Gasteiger partial charge in [0.25, 0.3) is 0 Å². The number of nitrogens with one attached hydrogen (secondary N) is 1. The third-order valence-electron chi connectivity index (χ3n) is 4.12. The SMILES string of the molecule is CC(C)(C)OC(=O)Nc1sc2c(c1C(=O)c1ccc(Cl)cc1)CCCC2. The van der Waals surface area contributed by atoms with Gasteiger partial charge in [-0.15, -0.1) is 11.3 Å². The van der Waals surface area contributed by atoms with E-state index in [0.29, 0.717) is 21.2 Å². The maximum absolute atomic E-state index is 13.1. The molecule has 138 valence electrons. The van der Waals surface area contributed by atoms with E-state index >= 15 is 0 Å². The topological polar surface area (TPSA) is 55.4 Å². The molecule has 1 aromatic carbocycles. The van der Waals surface area contributed by atoms with Gasteiger partial charge in [-0.3, -0.25) is 10.1 Å². The third kappa shape index (κ3) is 4.27. The number of thiophene rings is 1. The lowest BCUT2D eigenvalue weighted by Crippen LogP contribution is -2.27. The summed E-state index contributed by atoms with van der Waals surface area (Å²) < 4.78 is 5.36. The quantitative estimate of drug-likeness (QED) is 0.667. The summed E-state index contributed by atoms with van der Waals surface area (Å²) in [5.41, 5.74) is 1.62. The highest BCUT2D eigenvalue weighted by Gasteiger charge is 2.28. The first-order valence-corrected chi connectivity index (χ1v) is 9.89. The van der Waals surface area contributed by atoms with Crippen molar-refractivity contribution < 1.29 is 14.3 Å². The second kappa shape index (κ2) is 7.41. The number of anilines is 1. The maximum atomic E-state index is 13.1. The van der Waals surface area contributed by atoms with E-state index in [-0.39, 0.29) is 5.78 Å². The van der Waals surface area contributed by atoms with Crippen LogP contribution in [-0.4, -0.2) is 17.5 Å². The fraction of sp³-hybridized carbons (Fsp3) is 0.400. The Bertz CT molecular complexity index is 834. The zero-order chi connectivity index (χ0) is 18.9. The number of aryl methyl sites for hydroxylation is 1. The summed E-state index contributed by atoms with van der Waals surface area (Å²) in [5.74, 6) is -0.0906. The molecule has 1 aromatic heterocycles. The first kappa shape index (κ1) is 18.9. The van der Waals surface area contributed by atoms with Gasteiger partial charge < -0.3 is 4.74 Å². The third-order valence-corrected chi connectivity index (χ3v) is 5.58. The highest BCUT2D eigenvalue weighted by molar-refractivity contribution is 7.17. The van der Waals surface area contributed by atoms with Crippen LogP contribution in [-0.2, 0) is 17.6 Å².